The van der Waals surface area contributed by atoms with Gasteiger partial charge in [0.2, 0.25) is 0 Å². The molecule has 0 bridgehead atoms. The van der Waals surface area contributed by atoms with Gasteiger partial charge in [-0.3, -0.25) is 0 Å². The second-order valence-corrected chi connectivity index (χ2v) is 14.6. The molecule has 1 amide bonds. The molecule has 9 heteroatoms. The number of halogens is 1. The molecular formula is C25H34FNO6Si. The van der Waals surface area contributed by atoms with Crippen molar-refractivity contribution < 1.29 is 32.9 Å². The van der Waals surface area contributed by atoms with Crippen LogP contribution in [-0.4, -0.2) is 45.4 Å². The summed E-state index contributed by atoms with van der Waals surface area (Å²) >= 11 is 0. The fraction of sp³-hybridized carbons (Fsp3) is 0.480. The summed E-state index contributed by atoms with van der Waals surface area (Å²) in [4.78, 5) is 12.6. The maximum Gasteiger partial charge on any atom is 0.407 e. The third-order valence-corrected chi connectivity index (χ3v) is 10.8. The molecular weight excluding hydrogens is 457 g/mol. The first-order chi connectivity index (χ1) is 16.0. The first-order valence-corrected chi connectivity index (χ1v) is 14.3. The third kappa shape index (κ3) is 6.28. The number of fused-ring (bicyclic) bond motifs is 1. The first kappa shape index (κ1) is 26.0. The lowest BCUT2D eigenvalue weighted by Gasteiger charge is -2.38. The number of aliphatic hydroxyl groups is 1. The number of ether oxygens (including phenoxy) is 3. The van der Waals surface area contributed by atoms with Gasteiger partial charge < -0.3 is 29.1 Å². The summed E-state index contributed by atoms with van der Waals surface area (Å²) in [5, 5.41) is 13.7. The topological polar surface area (TPSA) is 86.3 Å². The first-order valence-electron chi connectivity index (χ1n) is 11.4. The molecule has 2 N–H and O–H groups in total. The van der Waals surface area contributed by atoms with E-state index in [2.05, 4.69) is 39.2 Å². The Morgan fingerprint density at radius 1 is 1.15 bits per heavy atom. The fourth-order valence-electron chi connectivity index (χ4n) is 3.18. The minimum atomic E-state index is -2.22. The average Bonchev–Trinajstić information content (AvgIpc) is 2.80. The van der Waals surface area contributed by atoms with Crippen LogP contribution in [-0.2, 0) is 15.8 Å². The minimum absolute atomic E-state index is 0.00796. The van der Waals surface area contributed by atoms with Crippen LogP contribution in [0.5, 0.6) is 11.5 Å². The Labute approximate surface area is 201 Å². The smallest absolute Gasteiger partial charge is 0.407 e. The molecule has 2 aromatic carbocycles. The van der Waals surface area contributed by atoms with E-state index in [0.717, 1.165) is 5.56 Å². The Bertz CT molecular complexity index is 979. The van der Waals surface area contributed by atoms with Crippen LogP contribution in [0.25, 0.3) is 0 Å². The molecule has 0 saturated heterocycles. The zero-order valence-electron chi connectivity index (χ0n) is 20.4. The largest absolute Gasteiger partial charge is 0.486 e. The molecule has 186 valence electrons. The zero-order valence-corrected chi connectivity index (χ0v) is 21.4. The number of hydrogen-bond donors (Lipinski definition) is 2. The second-order valence-electron chi connectivity index (χ2n) is 9.82. The van der Waals surface area contributed by atoms with Crippen molar-refractivity contribution >= 4 is 14.4 Å². The molecule has 7 nitrogen and oxygen atoms in total. The molecule has 0 fully saturated rings. The van der Waals surface area contributed by atoms with Gasteiger partial charge in [-0.25, -0.2) is 9.18 Å². The normalized spacial score (nSPS) is 15.4. The van der Waals surface area contributed by atoms with Crippen molar-refractivity contribution in [1.29, 1.82) is 0 Å². The van der Waals surface area contributed by atoms with E-state index in [4.69, 9.17) is 18.6 Å². The van der Waals surface area contributed by atoms with Gasteiger partial charge >= 0.3 is 6.09 Å². The van der Waals surface area contributed by atoms with Crippen LogP contribution in [0.1, 0.15) is 38.0 Å². The number of nitrogens with one attached hydrogen (secondary N) is 1. The predicted octanol–water partition coefficient (Wildman–Crippen LogP) is 4.95. The van der Waals surface area contributed by atoms with Crippen molar-refractivity contribution in [3.63, 3.8) is 0 Å². The Kier molecular flexibility index (Phi) is 8.22. The fourth-order valence-corrected chi connectivity index (χ4v) is 4.21. The van der Waals surface area contributed by atoms with Crippen molar-refractivity contribution in [2.45, 2.75) is 57.7 Å². The highest BCUT2D eigenvalue weighted by molar-refractivity contribution is 6.74. The lowest BCUT2D eigenvalue weighted by atomic mass is 10.0. The van der Waals surface area contributed by atoms with Crippen molar-refractivity contribution in [2.24, 2.45) is 0 Å². The molecule has 34 heavy (non-hydrogen) atoms. The number of benzene rings is 2. The highest BCUT2D eigenvalue weighted by Crippen LogP contribution is 2.39. The molecule has 0 aromatic heterocycles. The van der Waals surface area contributed by atoms with Gasteiger partial charge in [-0.1, -0.05) is 51.1 Å². The van der Waals surface area contributed by atoms with Gasteiger partial charge in [0.25, 0.3) is 0 Å². The lowest BCUT2D eigenvalue weighted by molar-refractivity contribution is 0.0754. The van der Waals surface area contributed by atoms with Gasteiger partial charge in [0.1, 0.15) is 25.9 Å². The van der Waals surface area contributed by atoms with Crippen LogP contribution < -0.4 is 14.8 Å². The van der Waals surface area contributed by atoms with Crippen LogP contribution in [0.4, 0.5) is 9.18 Å². The standard InChI is InChI=1S/C25H34FNO6Si/c1-25(2,3)34(4,5)33-16-19(27-24(29)32-15-17-9-7-6-8-10-17)22(28)18-11-12-20-23(21(18)26)31-14-13-30-20/h6-12,19,22,28H,13-16H2,1-5H3,(H,27,29)/t19-,22?/m1/s1. The van der Waals surface area contributed by atoms with Gasteiger partial charge in [0.15, 0.2) is 25.6 Å². The third-order valence-electron chi connectivity index (χ3n) is 6.32. The van der Waals surface area contributed by atoms with E-state index in [1.165, 1.54) is 6.07 Å². The molecule has 2 atom stereocenters. The lowest BCUT2D eigenvalue weighted by Crippen LogP contribution is -2.48. The molecule has 3 rings (SSSR count). The molecule has 0 saturated carbocycles. The summed E-state index contributed by atoms with van der Waals surface area (Å²) in [5.41, 5.74) is 0.807. The number of alkyl carbamates (subject to hydrolysis) is 1. The maximum atomic E-state index is 15.2. The molecule has 2 aromatic rings. The van der Waals surface area contributed by atoms with E-state index < -0.39 is 32.4 Å². The van der Waals surface area contributed by atoms with E-state index in [-0.39, 0.29) is 41.9 Å². The van der Waals surface area contributed by atoms with Crippen molar-refractivity contribution in [3.8, 4) is 11.5 Å². The molecule has 0 radical (unpaired) electrons. The average molecular weight is 492 g/mol. The molecule has 0 aliphatic carbocycles. The Morgan fingerprint density at radius 2 is 1.82 bits per heavy atom. The number of carbonyl (C=O) groups is 1. The van der Waals surface area contributed by atoms with E-state index in [9.17, 15) is 9.90 Å². The molecule has 0 spiro atoms. The summed E-state index contributed by atoms with van der Waals surface area (Å²) in [5.74, 6) is -0.482. The molecule has 1 aliphatic heterocycles. The van der Waals surface area contributed by atoms with E-state index in [1.54, 1.807) is 6.07 Å². The SMILES string of the molecule is CC(C)(C)[Si](C)(C)OC[C@@H](NC(=O)OCc1ccccc1)C(O)c1ccc2c(c1F)OCCO2. The summed E-state index contributed by atoms with van der Waals surface area (Å²) < 4.78 is 37.6. The summed E-state index contributed by atoms with van der Waals surface area (Å²) in [7, 11) is -2.22. The van der Waals surface area contributed by atoms with E-state index >= 15 is 4.39 Å². The quantitative estimate of drug-likeness (QED) is 0.509. The minimum Gasteiger partial charge on any atom is -0.486 e. The number of amides is 1. The summed E-state index contributed by atoms with van der Waals surface area (Å²) in [6, 6.07) is 11.3. The van der Waals surface area contributed by atoms with Gasteiger partial charge in [0.05, 0.1) is 12.6 Å². The maximum absolute atomic E-state index is 15.2. The molecule has 1 aliphatic rings. The Morgan fingerprint density at radius 3 is 2.50 bits per heavy atom. The van der Waals surface area contributed by atoms with Crippen molar-refractivity contribution in [1.82, 2.24) is 5.32 Å². The van der Waals surface area contributed by atoms with E-state index in [1.807, 2.05) is 30.3 Å². The van der Waals surface area contributed by atoms with Crippen LogP contribution in [0, 0.1) is 5.82 Å². The van der Waals surface area contributed by atoms with Gasteiger partial charge in [0, 0.05) is 5.56 Å². The summed E-state index contributed by atoms with van der Waals surface area (Å²) in [6.45, 7) is 11.0. The van der Waals surface area contributed by atoms with Crippen LogP contribution >= 0.6 is 0 Å². The van der Waals surface area contributed by atoms with Crippen LogP contribution in [0.3, 0.4) is 0 Å². The van der Waals surface area contributed by atoms with Crippen molar-refractivity contribution in [2.75, 3.05) is 19.8 Å². The second kappa shape index (κ2) is 10.8. The number of carbonyl (C=O) groups excluding carboxylic acids is 1. The van der Waals surface area contributed by atoms with Gasteiger partial charge in [-0.2, -0.15) is 0 Å². The summed E-state index contributed by atoms with van der Waals surface area (Å²) in [6.07, 6.45) is -2.13. The van der Waals surface area contributed by atoms with Gasteiger partial charge in [-0.05, 0) is 35.8 Å². The van der Waals surface area contributed by atoms with Crippen LogP contribution in [0.15, 0.2) is 42.5 Å². The predicted molar refractivity (Wildman–Crippen MR) is 129 cm³/mol. The molecule has 1 unspecified atom stereocenters. The monoisotopic (exact) mass is 491 g/mol. The van der Waals surface area contributed by atoms with E-state index in [0.29, 0.717) is 6.61 Å². The zero-order chi connectivity index (χ0) is 24.9. The molecule has 1 heterocycles. The van der Waals surface area contributed by atoms with Crippen molar-refractivity contribution in [3.05, 3.63) is 59.4 Å². The highest BCUT2D eigenvalue weighted by atomic mass is 28.4. The number of hydrogen-bond acceptors (Lipinski definition) is 6. The Hall–Kier alpha value is -2.62. The number of rotatable bonds is 8. The Balaban J connectivity index is 1.78. The number of aliphatic hydroxyl groups excluding tert-OH is 1. The highest BCUT2D eigenvalue weighted by Gasteiger charge is 2.39. The van der Waals surface area contributed by atoms with Crippen LogP contribution in [0.2, 0.25) is 18.1 Å². The van der Waals surface area contributed by atoms with Gasteiger partial charge in [-0.15, -0.1) is 0 Å².